The Bertz CT molecular complexity index is 667. The second-order valence-electron chi connectivity index (χ2n) is 8.48. The third-order valence-electron chi connectivity index (χ3n) is 5.97. The van der Waals surface area contributed by atoms with Crippen LogP contribution >= 0.6 is 0 Å². The predicted molar refractivity (Wildman–Crippen MR) is 121 cm³/mol. The molecule has 0 unspecified atom stereocenters. The van der Waals surface area contributed by atoms with Gasteiger partial charge in [-0.15, -0.1) is 0 Å². The Balaban J connectivity index is 1.78. The Kier molecular flexibility index (Phi) is 11.1. The molecular formula is C26H38O4. The molecule has 1 aliphatic carbocycles. The van der Waals surface area contributed by atoms with Gasteiger partial charge in [-0.1, -0.05) is 61.6 Å². The van der Waals surface area contributed by atoms with Gasteiger partial charge in [-0.2, -0.15) is 0 Å². The van der Waals surface area contributed by atoms with Crippen LogP contribution in [0.2, 0.25) is 0 Å². The minimum atomic E-state index is -0.581. The molecule has 1 fully saturated rings. The van der Waals surface area contributed by atoms with Crippen molar-refractivity contribution in [1.82, 2.24) is 0 Å². The van der Waals surface area contributed by atoms with Crippen molar-refractivity contribution < 1.29 is 20.1 Å². The van der Waals surface area contributed by atoms with E-state index in [1.165, 1.54) is 5.56 Å². The fourth-order valence-electron chi connectivity index (χ4n) is 4.21. The van der Waals surface area contributed by atoms with Crippen molar-refractivity contribution >= 4 is 5.78 Å². The van der Waals surface area contributed by atoms with E-state index in [9.17, 15) is 20.1 Å². The number of aliphatic hydroxyl groups is 3. The van der Waals surface area contributed by atoms with Crippen LogP contribution in [0.1, 0.15) is 63.9 Å². The fraction of sp³-hybridized carbons (Fsp3) is 0.577. The van der Waals surface area contributed by atoms with Crippen molar-refractivity contribution in [2.45, 2.75) is 83.0 Å². The minimum absolute atomic E-state index is 0.0458. The van der Waals surface area contributed by atoms with E-state index < -0.39 is 18.3 Å². The van der Waals surface area contributed by atoms with Gasteiger partial charge < -0.3 is 15.3 Å². The smallest absolute Gasteiger partial charge is 0.132 e. The van der Waals surface area contributed by atoms with Crippen LogP contribution in [-0.2, 0) is 11.2 Å². The van der Waals surface area contributed by atoms with Gasteiger partial charge in [0.2, 0.25) is 0 Å². The van der Waals surface area contributed by atoms with Crippen molar-refractivity contribution in [3.8, 4) is 0 Å². The highest BCUT2D eigenvalue weighted by atomic mass is 16.3. The number of benzene rings is 1. The zero-order chi connectivity index (χ0) is 21.8. The van der Waals surface area contributed by atoms with Gasteiger partial charge in [0, 0.05) is 25.2 Å². The first kappa shape index (κ1) is 24.5. The molecule has 0 amide bonds. The highest BCUT2D eigenvalue weighted by molar-refractivity contribution is 5.78. The predicted octanol–water partition coefficient (Wildman–Crippen LogP) is 4.38. The van der Waals surface area contributed by atoms with E-state index in [1.54, 1.807) is 6.08 Å². The van der Waals surface area contributed by atoms with Gasteiger partial charge in [0.25, 0.3) is 0 Å². The van der Waals surface area contributed by atoms with Crippen molar-refractivity contribution in [1.29, 1.82) is 0 Å². The highest BCUT2D eigenvalue weighted by Crippen LogP contribution is 2.36. The molecule has 0 spiro atoms. The molecule has 1 aromatic carbocycles. The molecule has 1 aliphatic rings. The van der Waals surface area contributed by atoms with Crippen LogP contribution in [0, 0.1) is 11.8 Å². The molecular weight excluding hydrogens is 376 g/mol. The maximum atomic E-state index is 11.5. The van der Waals surface area contributed by atoms with E-state index >= 15 is 0 Å². The lowest BCUT2D eigenvalue weighted by molar-refractivity contribution is -0.119. The Morgan fingerprint density at radius 2 is 1.90 bits per heavy atom. The minimum Gasteiger partial charge on any atom is -0.393 e. The second kappa shape index (κ2) is 13.5. The number of hydrogen-bond donors (Lipinski definition) is 3. The maximum absolute atomic E-state index is 11.5. The summed E-state index contributed by atoms with van der Waals surface area (Å²) >= 11 is 0. The van der Waals surface area contributed by atoms with Crippen molar-refractivity contribution in [2.24, 2.45) is 11.8 Å². The normalized spacial score (nSPS) is 25.3. The lowest BCUT2D eigenvalue weighted by Crippen LogP contribution is -2.20. The summed E-state index contributed by atoms with van der Waals surface area (Å²) in [6.07, 6.45) is 12.5. The molecule has 4 heteroatoms. The van der Waals surface area contributed by atoms with E-state index in [0.717, 1.165) is 25.7 Å². The average molecular weight is 415 g/mol. The van der Waals surface area contributed by atoms with Gasteiger partial charge in [0.1, 0.15) is 5.78 Å². The summed E-state index contributed by atoms with van der Waals surface area (Å²) in [5.74, 6) is 0.133. The largest absolute Gasteiger partial charge is 0.393 e. The number of aryl methyl sites for hydroxylation is 1. The lowest BCUT2D eigenvalue weighted by atomic mass is 9.89. The van der Waals surface area contributed by atoms with E-state index in [4.69, 9.17) is 0 Å². The van der Waals surface area contributed by atoms with Gasteiger partial charge in [0.15, 0.2) is 0 Å². The molecule has 2 rings (SSSR count). The van der Waals surface area contributed by atoms with Crippen LogP contribution in [0.3, 0.4) is 0 Å². The highest BCUT2D eigenvalue weighted by Gasteiger charge is 2.39. The van der Waals surface area contributed by atoms with Crippen LogP contribution in [0.15, 0.2) is 54.6 Å². The van der Waals surface area contributed by atoms with Gasteiger partial charge in [0.05, 0.1) is 18.3 Å². The number of ketones is 1. The van der Waals surface area contributed by atoms with E-state index in [0.29, 0.717) is 37.9 Å². The van der Waals surface area contributed by atoms with Crippen molar-refractivity contribution in [3.63, 3.8) is 0 Å². The van der Waals surface area contributed by atoms with Crippen molar-refractivity contribution in [2.75, 3.05) is 0 Å². The lowest BCUT2D eigenvalue weighted by Gasteiger charge is -2.19. The second-order valence-corrected chi connectivity index (χ2v) is 8.48. The van der Waals surface area contributed by atoms with Crippen LogP contribution in [0.5, 0.6) is 0 Å². The van der Waals surface area contributed by atoms with E-state index in [1.807, 2.05) is 31.2 Å². The summed E-state index contributed by atoms with van der Waals surface area (Å²) in [6.45, 7) is 2.02. The quantitative estimate of drug-likeness (QED) is 0.331. The number of aliphatic hydroxyl groups excluding tert-OH is 3. The molecule has 1 aromatic rings. The summed E-state index contributed by atoms with van der Waals surface area (Å²) in [7, 11) is 0. The molecule has 166 valence electrons. The molecule has 0 aromatic heterocycles. The van der Waals surface area contributed by atoms with Gasteiger partial charge in [-0.05, 0) is 50.0 Å². The van der Waals surface area contributed by atoms with Crippen LogP contribution in [-0.4, -0.2) is 39.4 Å². The summed E-state index contributed by atoms with van der Waals surface area (Å²) in [4.78, 5) is 11.5. The first-order chi connectivity index (χ1) is 14.5. The summed E-state index contributed by atoms with van der Waals surface area (Å²) in [5.41, 5.74) is 1.20. The zero-order valence-corrected chi connectivity index (χ0v) is 18.2. The Hall–Kier alpha value is -1.75. The third-order valence-corrected chi connectivity index (χ3v) is 5.97. The molecule has 1 saturated carbocycles. The number of unbranched alkanes of at least 4 members (excludes halogenated alkanes) is 1. The van der Waals surface area contributed by atoms with Gasteiger partial charge >= 0.3 is 0 Å². The van der Waals surface area contributed by atoms with Gasteiger partial charge in [-0.3, -0.25) is 4.79 Å². The van der Waals surface area contributed by atoms with Gasteiger partial charge in [-0.25, -0.2) is 0 Å². The maximum Gasteiger partial charge on any atom is 0.132 e. The summed E-state index contributed by atoms with van der Waals surface area (Å²) in [6, 6.07) is 10.1. The van der Waals surface area contributed by atoms with E-state index in [2.05, 4.69) is 24.3 Å². The molecule has 4 nitrogen and oxygen atoms in total. The summed E-state index contributed by atoms with van der Waals surface area (Å²) in [5, 5.41) is 31.0. The average Bonchev–Trinajstić information content (AvgIpc) is 3.00. The number of carbonyl (C=O) groups excluding carboxylic acids is 1. The monoisotopic (exact) mass is 414 g/mol. The molecule has 0 saturated heterocycles. The number of Topliss-reactive ketones (excluding diaryl/α,β-unsaturated/α-hetero) is 1. The molecule has 0 bridgehead atoms. The first-order valence-corrected chi connectivity index (χ1v) is 11.4. The summed E-state index contributed by atoms with van der Waals surface area (Å²) < 4.78 is 0. The Morgan fingerprint density at radius 3 is 2.63 bits per heavy atom. The molecule has 0 radical (unpaired) electrons. The van der Waals surface area contributed by atoms with E-state index in [-0.39, 0.29) is 11.8 Å². The molecule has 0 heterocycles. The van der Waals surface area contributed by atoms with Crippen LogP contribution in [0.4, 0.5) is 0 Å². The van der Waals surface area contributed by atoms with Crippen molar-refractivity contribution in [3.05, 3.63) is 60.2 Å². The molecule has 3 N–H and O–H groups in total. The van der Waals surface area contributed by atoms with Crippen LogP contribution in [0.25, 0.3) is 0 Å². The Labute approximate surface area is 181 Å². The fourth-order valence-corrected chi connectivity index (χ4v) is 4.21. The zero-order valence-electron chi connectivity index (χ0n) is 18.2. The standard InChI is InChI=1S/C26H38O4/c1-2-10-21(27)13-8-3-4-9-14-23-24(26(30)19-25(23)29)18-17-22(28)16-15-20-11-6-5-7-12-20/h4-7,9,11-12,17-18,22-26,28-30H,2-3,8,10,13-16,19H2,1H3/b9-4-,18-17+/t22-,23+,24+,25-,26+/m0/s1. The molecule has 0 aliphatic heterocycles. The third kappa shape index (κ3) is 8.55. The SMILES string of the molecule is CCCC(=O)CCC/C=C\C[C@@H]1[C@@H](/C=C/[C@@H](O)CCc2ccccc2)[C@H](O)C[C@@H]1O. The Morgan fingerprint density at radius 1 is 1.13 bits per heavy atom. The number of hydrogen-bond acceptors (Lipinski definition) is 4. The molecule has 5 atom stereocenters. The first-order valence-electron chi connectivity index (χ1n) is 11.4. The number of rotatable bonds is 13. The number of allylic oxidation sites excluding steroid dienone is 2. The van der Waals surface area contributed by atoms with Crippen LogP contribution < -0.4 is 0 Å². The molecule has 30 heavy (non-hydrogen) atoms. The topological polar surface area (TPSA) is 77.8 Å². The number of carbonyl (C=O) groups is 1.